The third kappa shape index (κ3) is 4.90. The summed E-state index contributed by atoms with van der Waals surface area (Å²) in [5, 5.41) is 3.23. The Bertz CT molecular complexity index is 931. The van der Waals surface area contributed by atoms with Crippen LogP contribution in [0, 0.1) is 5.92 Å². The second-order valence-electron chi connectivity index (χ2n) is 8.13. The van der Waals surface area contributed by atoms with Crippen molar-refractivity contribution in [3.05, 3.63) is 78.8 Å². The first-order valence-corrected chi connectivity index (χ1v) is 10.9. The number of carbonyl (C=O) groups is 1. The maximum absolute atomic E-state index is 12.8. The molecule has 1 atom stereocenters. The van der Waals surface area contributed by atoms with Crippen LogP contribution in [0.2, 0.25) is 0 Å². The van der Waals surface area contributed by atoms with Gasteiger partial charge in [0.2, 0.25) is 5.91 Å². The van der Waals surface area contributed by atoms with Crippen LogP contribution < -0.4 is 10.2 Å². The number of piperidine rings is 1. The summed E-state index contributed by atoms with van der Waals surface area (Å²) in [6.45, 7) is 3.80. The number of aromatic nitrogens is 2. The summed E-state index contributed by atoms with van der Waals surface area (Å²) in [5.74, 6) is 1.27. The normalized spacial score (nSPS) is 15.7. The minimum atomic E-state index is 0.0826. The molecule has 5 nitrogen and oxygen atoms in total. The molecule has 1 aliphatic heterocycles. The molecule has 0 bridgehead atoms. The lowest BCUT2D eigenvalue weighted by Crippen LogP contribution is -2.43. The molecule has 5 heteroatoms. The van der Waals surface area contributed by atoms with E-state index in [9.17, 15) is 4.79 Å². The maximum atomic E-state index is 12.8. The van der Waals surface area contributed by atoms with Crippen LogP contribution in [-0.2, 0) is 11.2 Å². The molecule has 156 valence electrons. The van der Waals surface area contributed by atoms with Crippen molar-refractivity contribution >= 4 is 11.7 Å². The maximum Gasteiger partial charge on any atom is 0.223 e. The van der Waals surface area contributed by atoms with E-state index in [1.807, 2.05) is 42.9 Å². The lowest BCUT2D eigenvalue weighted by Gasteiger charge is -2.33. The van der Waals surface area contributed by atoms with E-state index in [2.05, 4.69) is 57.0 Å². The van der Waals surface area contributed by atoms with E-state index in [0.717, 1.165) is 50.3 Å². The van der Waals surface area contributed by atoms with Gasteiger partial charge < -0.3 is 14.8 Å². The molecule has 1 amide bonds. The quantitative estimate of drug-likeness (QED) is 0.644. The summed E-state index contributed by atoms with van der Waals surface area (Å²) in [7, 11) is 0. The zero-order valence-corrected chi connectivity index (χ0v) is 17.6. The van der Waals surface area contributed by atoms with Crippen LogP contribution in [0.1, 0.15) is 31.7 Å². The first-order valence-electron chi connectivity index (χ1n) is 10.9. The number of rotatable bonds is 7. The van der Waals surface area contributed by atoms with Gasteiger partial charge in [-0.05, 0) is 62.4 Å². The zero-order chi connectivity index (χ0) is 20.8. The van der Waals surface area contributed by atoms with Crippen molar-refractivity contribution in [2.45, 2.75) is 38.6 Å². The molecule has 1 N–H and O–H groups in total. The molecule has 30 heavy (non-hydrogen) atoms. The Balaban J connectivity index is 1.29. The fourth-order valence-corrected chi connectivity index (χ4v) is 4.14. The smallest absolute Gasteiger partial charge is 0.223 e. The monoisotopic (exact) mass is 402 g/mol. The molecule has 3 heterocycles. The Morgan fingerprint density at radius 2 is 1.80 bits per heavy atom. The van der Waals surface area contributed by atoms with Gasteiger partial charge in [0, 0.05) is 43.6 Å². The van der Waals surface area contributed by atoms with Gasteiger partial charge in [0.25, 0.3) is 0 Å². The van der Waals surface area contributed by atoms with Gasteiger partial charge in [0.05, 0.1) is 5.69 Å². The minimum Gasteiger partial charge on any atom is -0.355 e. The average Bonchev–Trinajstić information content (AvgIpc) is 3.33. The van der Waals surface area contributed by atoms with Gasteiger partial charge in [-0.3, -0.25) is 4.79 Å². The number of nitrogens with zero attached hydrogens (tertiary/aromatic N) is 3. The lowest BCUT2D eigenvalue weighted by atomic mass is 9.95. The van der Waals surface area contributed by atoms with Crippen molar-refractivity contribution in [2.24, 2.45) is 5.92 Å². The third-order valence-electron chi connectivity index (χ3n) is 5.91. The summed E-state index contributed by atoms with van der Waals surface area (Å²) in [6.07, 6.45) is 9.59. The van der Waals surface area contributed by atoms with E-state index < -0.39 is 0 Å². The standard InChI is InChI=1S/C25H30N4O/c1-20(11-12-21-8-3-2-4-9-21)27-25(30)22-13-18-29(19-14-22)24-23(10-7-15-26-24)28-16-5-6-17-28/h2-10,15-17,20,22H,11-14,18-19H2,1H3,(H,27,30)/t20-/m1/s1. The highest BCUT2D eigenvalue weighted by Crippen LogP contribution is 2.27. The Kier molecular flexibility index (Phi) is 6.47. The average molecular weight is 403 g/mol. The van der Waals surface area contributed by atoms with Gasteiger partial charge in [-0.15, -0.1) is 0 Å². The number of hydrogen-bond acceptors (Lipinski definition) is 3. The predicted octanol–water partition coefficient (Wildman–Crippen LogP) is 4.23. The molecule has 3 aromatic rings. The van der Waals surface area contributed by atoms with Crippen LogP contribution in [0.25, 0.3) is 5.69 Å². The first-order chi connectivity index (χ1) is 14.7. The SMILES string of the molecule is C[C@H](CCc1ccccc1)NC(=O)C1CCN(c2ncccc2-n2cccc2)CC1. The molecule has 2 aromatic heterocycles. The molecule has 1 aromatic carbocycles. The van der Waals surface area contributed by atoms with Crippen LogP contribution in [0.5, 0.6) is 0 Å². The second kappa shape index (κ2) is 9.61. The fraction of sp³-hybridized carbons (Fsp3) is 0.360. The third-order valence-corrected chi connectivity index (χ3v) is 5.91. The predicted molar refractivity (Wildman–Crippen MR) is 121 cm³/mol. The summed E-state index contributed by atoms with van der Waals surface area (Å²) >= 11 is 0. The number of carbonyl (C=O) groups excluding carboxylic acids is 1. The van der Waals surface area contributed by atoms with Crippen molar-refractivity contribution in [3.63, 3.8) is 0 Å². The van der Waals surface area contributed by atoms with Crippen molar-refractivity contribution in [1.29, 1.82) is 0 Å². The highest BCUT2D eigenvalue weighted by Gasteiger charge is 2.27. The summed E-state index contributed by atoms with van der Waals surface area (Å²) < 4.78 is 2.09. The molecule has 1 saturated heterocycles. The minimum absolute atomic E-state index is 0.0826. The number of nitrogens with one attached hydrogen (secondary N) is 1. The summed E-state index contributed by atoms with van der Waals surface area (Å²) in [6, 6.07) is 18.7. The lowest BCUT2D eigenvalue weighted by molar-refractivity contribution is -0.126. The molecule has 0 aliphatic carbocycles. The van der Waals surface area contributed by atoms with Crippen LogP contribution in [-0.4, -0.2) is 34.6 Å². The Labute approximate surface area is 178 Å². The molecular formula is C25H30N4O. The van der Waals surface area contributed by atoms with Crippen LogP contribution >= 0.6 is 0 Å². The highest BCUT2D eigenvalue weighted by molar-refractivity contribution is 5.79. The van der Waals surface area contributed by atoms with Gasteiger partial charge in [0.15, 0.2) is 5.82 Å². The van der Waals surface area contributed by atoms with Gasteiger partial charge in [0.1, 0.15) is 0 Å². The topological polar surface area (TPSA) is 50.2 Å². The Morgan fingerprint density at radius 3 is 2.53 bits per heavy atom. The van der Waals surface area contributed by atoms with Crippen LogP contribution in [0.4, 0.5) is 5.82 Å². The van der Waals surface area contributed by atoms with Gasteiger partial charge in [-0.2, -0.15) is 0 Å². The van der Waals surface area contributed by atoms with Gasteiger partial charge in [-0.1, -0.05) is 30.3 Å². The van der Waals surface area contributed by atoms with E-state index >= 15 is 0 Å². The fourth-order valence-electron chi connectivity index (χ4n) is 4.14. The second-order valence-corrected chi connectivity index (χ2v) is 8.13. The molecule has 1 aliphatic rings. The van der Waals surface area contributed by atoms with E-state index in [4.69, 9.17) is 0 Å². The van der Waals surface area contributed by atoms with Crippen molar-refractivity contribution in [3.8, 4) is 5.69 Å². The number of aryl methyl sites for hydroxylation is 1. The highest BCUT2D eigenvalue weighted by atomic mass is 16.1. The molecule has 4 rings (SSSR count). The number of amides is 1. The number of pyridine rings is 1. The van der Waals surface area contributed by atoms with E-state index in [-0.39, 0.29) is 17.9 Å². The van der Waals surface area contributed by atoms with E-state index in [1.54, 1.807) is 0 Å². The number of anilines is 1. The molecule has 0 spiro atoms. The molecule has 1 fully saturated rings. The van der Waals surface area contributed by atoms with Crippen molar-refractivity contribution in [2.75, 3.05) is 18.0 Å². The van der Waals surface area contributed by atoms with Gasteiger partial charge in [-0.25, -0.2) is 4.98 Å². The van der Waals surface area contributed by atoms with Gasteiger partial charge >= 0.3 is 0 Å². The van der Waals surface area contributed by atoms with Crippen molar-refractivity contribution in [1.82, 2.24) is 14.9 Å². The molecule has 0 unspecified atom stereocenters. The first kappa shape index (κ1) is 20.2. The molecule has 0 radical (unpaired) electrons. The van der Waals surface area contributed by atoms with Crippen LogP contribution in [0.15, 0.2) is 73.2 Å². The van der Waals surface area contributed by atoms with Crippen LogP contribution in [0.3, 0.4) is 0 Å². The van der Waals surface area contributed by atoms with E-state index in [1.165, 1.54) is 5.56 Å². The number of hydrogen-bond donors (Lipinski definition) is 1. The zero-order valence-electron chi connectivity index (χ0n) is 17.6. The Hall–Kier alpha value is -3.08. The van der Waals surface area contributed by atoms with Crippen molar-refractivity contribution < 1.29 is 4.79 Å². The summed E-state index contributed by atoms with van der Waals surface area (Å²) in [5.41, 5.74) is 2.40. The largest absolute Gasteiger partial charge is 0.355 e. The number of benzene rings is 1. The summed E-state index contributed by atoms with van der Waals surface area (Å²) in [4.78, 5) is 19.7. The van der Waals surface area contributed by atoms with E-state index in [0.29, 0.717) is 0 Å². The Morgan fingerprint density at radius 1 is 1.07 bits per heavy atom. The molecule has 0 saturated carbocycles. The molecular weight excluding hydrogens is 372 g/mol.